The number of hydrogen-bond acceptors (Lipinski definition) is 8. The fraction of sp³-hybridized carbons (Fsp3) is 0.650. The number of pyridine rings is 1. The molecular weight excluding hydrogens is 479 g/mol. The van der Waals surface area contributed by atoms with Crippen molar-refractivity contribution in [1.29, 1.82) is 0 Å². The third-order valence-corrected chi connectivity index (χ3v) is 5.91. The molecule has 2 rings (SSSR count). The van der Waals surface area contributed by atoms with Gasteiger partial charge >= 0.3 is 11.9 Å². The van der Waals surface area contributed by atoms with Gasteiger partial charge < -0.3 is 15.1 Å². The molecule has 0 saturated heterocycles. The minimum atomic E-state index is -0.850. The second-order valence-electron chi connectivity index (χ2n) is 7.60. The maximum atomic E-state index is 11.8. The van der Waals surface area contributed by atoms with E-state index in [0.717, 1.165) is 11.4 Å². The molecule has 2 N–H and O–H groups in total. The Hall–Kier alpha value is -0.811. The van der Waals surface area contributed by atoms with E-state index in [1.807, 2.05) is 35.0 Å². The van der Waals surface area contributed by atoms with Gasteiger partial charge in [-0.05, 0) is 43.5 Å². The molecular formula is C20H32MnN4O4S2. The second-order valence-corrected chi connectivity index (χ2v) is 8.49. The summed E-state index contributed by atoms with van der Waals surface area (Å²) in [7, 11) is 1.97. The zero-order valence-electron chi connectivity index (χ0n) is 17.7. The Kier molecular flexibility index (Phi) is 13.1. The summed E-state index contributed by atoms with van der Waals surface area (Å²) in [5.74, 6) is -0.713. The predicted molar refractivity (Wildman–Crippen MR) is 122 cm³/mol. The van der Waals surface area contributed by atoms with E-state index in [1.54, 1.807) is 0 Å². The number of thiol groups is 2. The molecule has 0 amide bonds. The van der Waals surface area contributed by atoms with Gasteiger partial charge in [-0.3, -0.25) is 24.4 Å². The van der Waals surface area contributed by atoms with Gasteiger partial charge in [0.15, 0.2) is 0 Å². The van der Waals surface area contributed by atoms with Crippen LogP contribution in [0.2, 0.25) is 0 Å². The third-order valence-electron chi connectivity index (χ3n) is 5.39. The van der Waals surface area contributed by atoms with Crippen molar-refractivity contribution in [2.45, 2.75) is 38.0 Å². The number of likely N-dealkylation sites (N-methyl/N-ethyl adjacent to an activating group) is 1. The summed E-state index contributed by atoms with van der Waals surface area (Å²) in [5.41, 5.74) is 1.56. The van der Waals surface area contributed by atoms with Crippen molar-refractivity contribution in [3.05, 3.63) is 29.6 Å². The number of carboxylic acid groups (broad SMARTS) is 2. The molecule has 1 aromatic rings. The van der Waals surface area contributed by atoms with Crippen LogP contribution in [0.1, 0.15) is 24.2 Å². The third kappa shape index (κ3) is 8.92. The van der Waals surface area contributed by atoms with Crippen molar-refractivity contribution in [3.8, 4) is 0 Å². The van der Waals surface area contributed by atoms with Crippen LogP contribution >= 0.6 is 25.3 Å². The van der Waals surface area contributed by atoms with Gasteiger partial charge in [0.05, 0.1) is 11.4 Å². The quantitative estimate of drug-likeness (QED) is 0.305. The first kappa shape index (κ1) is 28.2. The molecule has 0 aliphatic carbocycles. The molecule has 8 nitrogen and oxygen atoms in total. The Morgan fingerprint density at radius 1 is 0.935 bits per heavy atom. The molecule has 31 heavy (non-hydrogen) atoms. The van der Waals surface area contributed by atoms with Gasteiger partial charge in [0, 0.05) is 56.3 Å². The van der Waals surface area contributed by atoms with Crippen LogP contribution in [0.3, 0.4) is 0 Å². The molecule has 1 aliphatic rings. The van der Waals surface area contributed by atoms with Crippen LogP contribution in [0.5, 0.6) is 0 Å². The van der Waals surface area contributed by atoms with E-state index in [0.29, 0.717) is 63.6 Å². The number of nitrogens with zero attached hydrogens (tertiary/aromatic N) is 4. The van der Waals surface area contributed by atoms with Crippen molar-refractivity contribution in [3.63, 3.8) is 0 Å². The summed E-state index contributed by atoms with van der Waals surface area (Å²) >= 11 is 8.46. The molecule has 1 aromatic heterocycles. The Morgan fingerprint density at radius 2 is 1.35 bits per heavy atom. The van der Waals surface area contributed by atoms with E-state index < -0.39 is 24.0 Å². The van der Waals surface area contributed by atoms with E-state index in [4.69, 9.17) is 4.98 Å². The Bertz CT molecular complexity index is 662. The van der Waals surface area contributed by atoms with E-state index in [2.05, 4.69) is 30.2 Å². The Balaban J connectivity index is 0.00000480. The Labute approximate surface area is 205 Å². The van der Waals surface area contributed by atoms with E-state index >= 15 is 0 Å². The topological polar surface area (TPSA) is 97.2 Å². The summed E-state index contributed by atoms with van der Waals surface area (Å²) in [6, 6.07) is 4.44. The number of aromatic nitrogens is 1. The molecule has 2 atom stereocenters. The summed E-state index contributed by atoms with van der Waals surface area (Å²) in [5, 5.41) is 19.4. The van der Waals surface area contributed by atoms with Crippen LogP contribution in [-0.4, -0.2) is 98.7 Å². The smallest absolute Gasteiger partial charge is 0.320 e. The van der Waals surface area contributed by atoms with Crippen LogP contribution in [0.15, 0.2) is 18.2 Å². The fourth-order valence-electron chi connectivity index (χ4n) is 3.69. The average molecular weight is 512 g/mol. The van der Waals surface area contributed by atoms with Gasteiger partial charge in [-0.1, -0.05) is 6.07 Å². The molecule has 11 heteroatoms. The molecule has 0 fully saturated rings. The number of carbonyl (C=O) groups is 2. The standard InChI is InChI=1S/C20H32N4O4S2.Mn/c1-22-7-9-23(17(5-11-29)19(25)26)13-15-3-2-4-16(21-15)14-24(10-8-22)18(6-12-30)20(27)28;/h2-4,17-18,29-30H,5-14H2,1H3,(H,25,26)(H,27,28);. The van der Waals surface area contributed by atoms with Crippen LogP contribution in [0, 0.1) is 0 Å². The number of fused-ring (bicyclic) bond motifs is 2. The van der Waals surface area contributed by atoms with Gasteiger partial charge in [0.25, 0.3) is 0 Å². The summed E-state index contributed by atoms with van der Waals surface area (Å²) < 4.78 is 0. The maximum Gasteiger partial charge on any atom is 0.320 e. The molecule has 2 unspecified atom stereocenters. The zero-order chi connectivity index (χ0) is 22.1. The average Bonchev–Trinajstić information content (AvgIpc) is 2.70. The summed E-state index contributed by atoms with van der Waals surface area (Å²) in [6.07, 6.45) is 0.916. The fourth-order valence-corrected chi connectivity index (χ4v) is 4.18. The predicted octanol–water partition coefficient (Wildman–Crippen LogP) is 1.17. The first-order chi connectivity index (χ1) is 14.3. The SMILES string of the molecule is CN1CCN(C(CCS)C(=O)O)Cc2cccc(n2)CN(C(CCS)C(=O)O)CC1.[Mn]. The molecule has 2 heterocycles. The number of hydrogen-bond donors (Lipinski definition) is 4. The number of aliphatic carboxylic acids is 2. The normalized spacial score (nSPS) is 18.8. The van der Waals surface area contributed by atoms with Gasteiger partial charge in [-0.15, -0.1) is 0 Å². The maximum absolute atomic E-state index is 11.8. The zero-order valence-corrected chi connectivity index (χ0v) is 20.7. The van der Waals surface area contributed by atoms with E-state index in [1.165, 1.54) is 0 Å². The monoisotopic (exact) mass is 511 g/mol. The molecule has 1 radical (unpaired) electrons. The van der Waals surface area contributed by atoms with Crippen LogP contribution in [0.4, 0.5) is 0 Å². The van der Waals surface area contributed by atoms with Gasteiger partial charge in [-0.25, -0.2) is 0 Å². The van der Waals surface area contributed by atoms with Crippen molar-refractivity contribution in [2.24, 2.45) is 0 Å². The molecule has 0 spiro atoms. The molecule has 175 valence electrons. The van der Waals surface area contributed by atoms with Crippen LogP contribution < -0.4 is 0 Å². The van der Waals surface area contributed by atoms with Gasteiger partial charge in [0.1, 0.15) is 12.1 Å². The van der Waals surface area contributed by atoms with Crippen LogP contribution in [0.25, 0.3) is 0 Å². The van der Waals surface area contributed by atoms with E-state index in [-0.39, 0.29) is 17.1 Å². The van der Waals surface area contributed by atoms with Crippen molar-refractivity contribution in [1.82, 2.24) is 19.7 Å². The van der Waals surface area contributed by atoms with Gasteiger partial charge in [-0.2, -0.15) is 25.3 Å². The second kappa shape index (κ2) is 14.4. The minimum Gasteiger partial charge on any atom is -0.480 e. The minimum absolute atomic E-state index is 0. The Morgan fingerprint density at radius 3 is 1.71 bits per heavy atom. The van der Waals surface area contributed by atoms with E-state index in [9.17, 15) is 19.8 Å². The first-order valence-corrected chi connectivity index (χ1v) is 11.4. The summed E-state index contributed by atoms with van der Waals surface area (Å²) in [4.78, 5) is 34.4. The first-order valence-electron chi connectivity index (χ1n) is 10.1. The summed E-state index contributed by atoms with van der Waals surface area (Å²) in [6.45, 7) is 3.34. The number of carboxylic acids is 2. The molecule has 0 saturated carbocycles. The largest absolute Gasteiger partial charge is 0.480 e. The molecule has 1 aliphatic heterocycles. The van der Waals surface area contributed by atoms with Crippen molar-refractivity contribution in [2.75, 3.05) is 44.7 Å². The van der Waals surface area contributed by atoms with Crippen LogP contribution in [-0.2, 0) is 39.7 Å². The van der Waals surface area contributed by atoms with Gasteiger partial charge in [0.2, 0.25) is 0 Å². The number of rotatable bonds is 8. The molecule has 2 bridgehead atoms. The van der Waals surface area contributed by atoms with Crippen molar-refractivity contribution < 1.29 is 36.9 Å². The molecule has 0 aromatic carbocycles. The van der Waals surface area contributed by atoms with Crippen molar-refractivity contribution >= 4 is 37.2 Å².